The first kappa shape index (κ1) is 16.5. The Morgan fingerprint density at radius 3 is 2.70 bits per heavy atom. The van der Waals surface area contributed by atoms with Crippen molar-refractivity contribution in [3.63, 3.8) is 0 Å². The SMILES string of the molecule is CC1(C)CC(c2c[nH]c3c(C(=O)O)cc(Br)cc23)CCS1(=O)=O. The second kappa shape index (κ2) is 5.34. The summed E-state index contributed by atoms with van der Waals surface area (Å²) in [4.78, 5) is 14.5. The van der Waals surface area contributed by atoms with E-state index < -0.39 is 20.6 Å². The molecule has 2 aromatic rings. The number of aromatic carboxylic acids is 1. The molecule has 1 aliphatic heterocycles. The van der Waals surface area contributed by atoms with E-state index in [0.29, 0.717) is 22.8 Å². The van der Waals surface area contributed by atoms with E-state index in [1.807, 2.05) is 12.3 Å². The molecule has 0 spiro atoms. The fourth-order valence-electron chi connectivity index (χ4n) is 3.39. The van der Waals surface area contributed by atoms with Crippen molar-refractivity contribution in [3.8, 4) is 0 Å². The minimum absolute atomic E-state index is 0.0956. The van der Waals surface area contributed by atoms with Gasteiger partial charge in [0.1, 0.15) is 0 Å². The second-order valence-corrected chi connectivity index (χ2v) is 10.4. The fourth-order valence-corrected chi connectivity index (χ4v) is 5.45. The van der Waals surface area contributed by atoms with E-state index in [-0.39, 0.29) is 17.2 Å². The Morgan fingerprint density at radius 2 is 2.09 bits per heavy atom. The number of rotatable bonds is 2. The van der Waals surface area contributed by atoms with Gasteiger partial charge in [-0.25, -0.2) is 13.2 Å². The molecule has 1 fully saturated rings. The van der Waals surface area contributed by atoms with Crippen LogP contribution in [0, 0.1) is 0 Å². The zero-order valence-electron chi connectivity index (χ0n) is 12.9. The van der Waals surface area contributed by atoms with Gasteiger partial charge in [-0.15, -0.1) is 0 Å². The van der Waals surface area contributed by atoms with Crippen molar-refractivity contribution in [2.24, 2.45) is 0 Å². The molecule has 5 nitrogen and oxygen atoms in total. The summed E-state index contributed by atoms with van der Waals surface area (Å²) in [7, 11) is -3.08. The average molecular weight is 400 g/mol. The van der Waals surface area contributed by atoms with Gasteiger partial charge in [-0.3, -0.25) is 0 Å². The van der Waals surface area contributed by atoms with Gasteiger partial charge in [-0.1, -0.05) is 15.9 Å². The van der Waals surface area contributed by atoms with Gasteiger partial charge in [0.2, 0.25) is 0 Å². The Kier molecular flexibility index (Phi) is 3.84. The van der Waals surface area contributed by atoms with Crippen LogP contribution in [0.2, 0.25) is 0 Å². The van der Waals surface area contributed by atoms with E-state index in [0.717, 1.165) is 10.9 Å². The highest BCUT2D eigenvalue weighted by Crippen LogP contribution is 2.42. The second-order valence-electron chi connectivity index (χ2n) is 6.69. The Hall–Kier alpha value is -1.34. The van der Waals surface area contributed by atoms with Crippen molar-refractivity contribution in [1.29, 1.82) is 0 Å². The number of nitrogens with one attached hydrogen (secondary N) is 1. The minimum Gasteiger partial charge on any atom is -0.478 e. The van der Waals surface area contributed by atoms with Gasteiger partial charge in [-0.05, 0) is 50.3 Å². The number of benzene rings is 1. The number of hydrogen-bond acceptors (Lipinski definition) is 3. The van der Waals surface area contributed by atoms with E-state index >= 15 is 0 Å². The van der Waals surface area contributed by atoms with Gasteiger partial charge in [0.25, 0.3) is 0 Å². The number of carboxylic acids is 1. The van der Waals surface area contributed by atoms with Crippen LogP contribution in [-0.4, -0.2) is 35.0 Å². The van der Waals surface area contributed by atoms with Crippen LogP contribution in [0.3, 0.4) is 0 Å². The number of halogens is 1. The lowest BCUT2D eigenvalue weighted by Gasteiger charge is -2.34. The van der Waals surface area contributed by atoms with Crippen LogP contribution in [0.5, 0.6) is 0 Å². The summed E-state index contributed by atoms with van der Waals surface area (Å²) in [6.07, 6.45) is 2.92. The quantitative estimate of drug-likeness (QED) is 0.805. The molecule has 0 radical (unpaired) electrons. The van der Waals surface area contributed by atoms with Crippen molar-refractivity contribution >= 4 is 42.6 Å². The number of aromatic nitrogens is 1. The Labute approximate surface area is 143 Å². The van der Waals surface area contributed by atoms with Crippen molar-refractivity contribution in [2.45, 2.75) is 37.4 Å². The predicted molar refractivity (Wildman–Crippen MR) is 92.8 cm³/mol. The van der Waals surface area contributed by atoms with Gasteiger partial charge < -0.3 is 10.1 Å². The predicted octanol–water partition coefficient (Wildman–Crippen LogP) is 3.70. The van der Waals surface area contributed by atoms with E-state index in [2.05, 4.69) is 20.9 Å². The molecule has 124 valence electrons. The molecule has 3 rings (SSSR count). The molecule has 1 aromatic heterocycles. The summed E-state index contributed by atoms with van der Waals surface area (Å²) in [6, 6.07) is 3.46. The first-order valence-electron chi connectivity index (χ1n) is 7.38. The lowest BCUT2D eigenvalue weighted by molar-refractivity contribution is 0.0698. The van der Waals surface area contributed by atoms with Crippen LogP contribution in [0.15, 0.2) is 22.8 Å². The molecule has 1 aliphatic rings. The van der Waals surface area contributed by atoms with Crippen LogP contribution in [0.25, 0.3) is 10.9 Å². The number of aromatic amines is 1. The van der Waals surface area contributed by atoms with E-state index in [1.165, 1.54) is 0 Å². The number of fused-ring (bicyclic) bond motifs is 1. The van der Waals surface area contributed by atoms with Crippen molar-refractivity contribution < 1.29 is 18.3 Å². The van der Waals surface area contributed by atoms with Crippen LogP contribution >= 0.6 is 15.9 Å². The van der Waals surface area contributed by atoms with Crippen LogP contribution in [0.1, 0.15) is 48.5 Å². The average Bonchev–Trinajstić information content (AvgIpc) is 2.84. The van der Waals surface area contributed by atoms with Gasteiger partial charge in [0, 0.05) is 16.1 Å². The number of sulfone groups is 1. The van der Waals surface area contributed by atoms with Crippen molar-refractivity contribution in [3.05, 3.63) is 33.9 Å². The minimum atomic E-state index is -3.08. The fraction of sp³-hybridized carbons (Fsp3) is 0.438. The highest BCUT2D eigenvalue weighted by Gasteiger charge is 2.41. The highest BCUT2D eigenvalue weighted by atomic mass is 79.9. The number of carboxylic acid groups (broad SMARTS) is 1. The normalized spacial score (nSPS) is 23.0. The molecule has 0 bridgehead atoms. The van der Waals surface area contributed by atoms with Gasteiger partial charge in [-0.2, -0.15) is 0 Å². The third kappa shape index (κ3) is 2.70. The van der Waals surface area contributed by atoms with Crippen LogP contribution in [0.4, 0.5) is 0 Å². The molecule has 1 aromatic carbocycles. The van der Waals surface area contributed by atoms with Gasteiger partial charge in [0.15, 0.2) is 9.84 Å². The monoisotopic (exact) mass is 399 g/mol. The molecule has 1 unspecified atom stereocenters. The van der Waals surface area contributed by atoms with E-state index in [4.69, 9.17) is 0 Å². The third-order valence-electron chi connectivity index (χ3n) is 4.77. The number of carbonyl (C=O) groups is 1. The largest absolute Gasteiger partial charge is 0.478 e. The topological polar surface area (TPSA) is 87.2 Å². The smallest absolute Gasteiger partial charge is 0.337 e. The Bertz CT molecular complexity index is 898. The Balaban J connectivity index is 2.10. The maximum atomic E-state index is 12.2. The summed E-state index contributed by atoms with van der Waals surface area (Å²) in [5.41, 5.74) is 1.79. The number of H-pyrrole nitrogens is 1. The molecule has 7 heteroatoms. The molecule has 1 saturated heterocycles. The van der Waals surface area contributed by atoms with Crippen LogP contribution in [-0.2, 0) is 9.84 Å². The van der Waals surface area contributed by atoms with Gasteiger partial charge >= 0.3 is 5.97 Å². The summed E-state index contributed by atoms with van der Waals surface area (Å²) in [5.74, 6) is -0.730. The van der Waals surface area contributed by atoms with Crippen LogP contribution < -0.4 is 0 Å². The first-order valence-corrected chi connectivity index (χ1v) is 9.83. The molecule has 2 N–H and O–H groups in total. The zero-order valence-corrected chi connectivity index (χ0v) is 15.3. The Morgan fingerprint density at radius 1 is 1.39 bits per heavy atom. The maximum Gasteiger partial charge on any atom is 0.337 e. The maximum absolute atomic E-state index is 12.2. The first-order chi connectivity index (χ1) is 10.6. The summed E-state index contributed by atoms with van der Waals surface area (Å²) < 4.78 is 24.3. The zero-order chi connectivity index (χ0) is 17.0. The summed E-state index contributed by atoms with van der Waals surface area (Å²) in [5, 5.41) is 10.2. The van der Waals surface area contributed by atoms with E-state index in [1.54, 1.807) is 19.9 Å². The number of hydrogen-bond donors (Lipinski definition) is 2. The molecule has 23 heavy (non-hydrogen) atoms. The van der Waals surface area contributed by atoms with E-state index in [9.17, 15) is 18.3 Å². The van der Waals surface area contributed by atoms with Crippen molar-refractivity contribution in [2.75, 3.05) is 5.75 Å². The third-order valence-corrected chi connectivity index (χ3v) is 7.85. The molecule has 1 atom stereocenters. The van der Waals surface area contributed by atoms with Gasteiger partial charge in [0.05, 0.1) is 21.6 Å². The molecule has 0 aliphatic carbocycles. The lowest BCUT2D eigenvalue weighted by Crippen LogP contribution is -2.40. The highest BCUT2D eigenvalue weighted by molar-refractivity contribution is 9.10. The molecular weight excluding hydrogens is 382 g/mol. The summed E-state index contributed by atoms with van der Waals surface area (Å²) in [6.45, 7) is 3.53. The standard InChI is InChI=1S/C16H18BrNO4S/c1-16(2)7-9(3-4-23(16,21)22)13-8-18-14-11(13)5-10(17)6-12(14)15(19)20/h5-6,8-9,18H,3-4,7H2,1-2H3,(H,19,20). The van der Waals surface area contributed by atoms with Crippen molar-refractivity contribution in [1.82, 2.24) is 4.98 Å². The lowest BCUT2D eigenvalue weighted by atomic mass is 9.87. The molecule has 0 amide bonds. The molecule has 0 saturated carbocycles. The molecular formula is C16H18BrNO4S. The summed E-state index contributed by atoms with van der Waals surface area (Å²) >= 11 is 3.36. The molecule has 2 heterocycles.